The molecule has 4 atom stereocenters. The number of carbonyl (C=O) groups excluding carboxylic acids is 1. The van der Waals surface area contributed by atoms with E-state index in [1.54, 1.807) is 0 Å². The summed E-state index contributed by atoms with van der Waals surface area (Å²) < 4.78 is 17.8. The van der Waals surface area contributed by atoms with E-state index in [2.05, 4.69) is 33.9 Å². The van der Waals surface area contributed by atoms with E-state index in [9.17, 15) is 4.79 Å². The number of esters is 1. The van der Waals surface area contributed by atoms with Crippen LogP contribution in [0.5, 0.6) is 0 Å². The number of cyclic esters (lactones) is 1. The molecule has 4 nitrogen and oxygen atoms in total. The first-order valence-corrected chi connectivity index (χ1v) is 10.6. The normalized spacial score (nSPS) is 40.0. The fourth-order valence-electron chi connectivity index (χ4n) is 3.52. The van der Waals surface area contributed by atoms with Crippen molar-refractivity contribution in [3.63, 3.8) is 0 Å². The topological polar surface area (TPSA) is 44.8 Å². The Hall–Kier alpha value is -0.393. The predicted molar refractivity (Wildman–Crippen MR) is 77.9 cm³/mol. The van der Waals surface area contributed by atoms with Gasteiger partial charge in [0, 0.05) is 5.92 Å². The highest BCUT2D eigenvalue weighted by atomic mass is 28.4. The first kappa shape index (κ1) is 14.5. The molecular formula is C15H26O4Si. The van der Waals surface area contributed by atoms with Gasteiger partial charge in [-0.05, 0) is 31.0 Å². The fraction of sp³-hybridized carbons (Fsp3) is 0.933. The third-order valence-corrected chi connectivity index (χ3v) is 10.3. The lowest BCUT2D eigenvalue weighted by Crippen LogP contribution is -2.49. The first-order chi connectivity index (χ1) is 9.16. The lowest BCUT2D eigenvalue weighted by atomic mass is 9.73. The van der Waals surface area contributed by atoms with Crippen LogP contribution in [0.25, 0.3) is 0 Å². The van der Waals surface area contributed by atoms with Crippen LogP contribution >= 0.6 is 0 Å². The molecule has 0 aromatic carbocycles. The average molecular weight is 298 g/mol. The van der Waals surface area contributed by atoms with Crippen molar-refractivity contribution < 1.29 is 18.7 Å². The molecule has 0 amide bonds. The van der Waals surface area contributed by atoms with Gasteiger partial charge in [0.05, 0.1) is 25.2 Å². The van der Waals surface area contributed by atoms with Gasteiger partial charge in [-0.15, -0.1) is 0 Å². The highest BCUT2D eigenvalue weighted by molar-refractivity contribution is 6.74. The SMILES string of the molecule is CC(C)(C)[Si](C)(C)OC[C@]12CC[C@H](O1)[C@@H]1COC(=O)[C@@H]12. The Morgan fingerprint density at radius 3 is 2.75 bits per heavy atom. The second kappa shape index (κ2) is 4.30. The summed E-state index contributed by atoms with van der Waals surface area (Å²) in [5.41, 5.74) is -0.404. The molecule has 0 aliphatic carbocycles. The largest absolute Gasteiger partial charge is 0.465 e. The molecule has 0 aromatic rings. The highest BCUT2D eigenvalue weighted by Crippen LogP contribution is 2.54. The second-order valence-electron chi connectivity index (χ2n) is 8.08. The van der Waals surface area contributed by atoms with Crippen molar-refractivity contribution >= 4 is 14.3 Å². The van der Waals surface area contributed by atoms with E-state index < -0.39 is 13.9 Å². The van der Waals surface area contributed by atoms with Crippen molar-refractivity contribution in [3.8, 4) is 0 Å². The van der Waals surface area contributed by atoms with E-state index in [0.717, 1.165) is 12.8 Å². The van der Waals surface area contributed by atoms with Crippen molar-refractivity contribution in [1.82, 2.24) is 0 Å². The van der Waals surface area contributed by atoms with Crippen molar-refractivity contribution in [1.29, 1.82) is 0 Å². The minimum absolute atomic E-state index is 0.0731. The van der Waals surface area contributed by atoms with E-state index in [-0.39, 0.29) is 28.9 Å². The van der Waals surface area contributed by atoms with Crippen LogP contribution in [0.4, 0.5) is 0 Å². The van der Waals surface area contributed by atoms with Gasteiger partial charge in [0.1, 0.15) is 5.60 Å². The summed E-state index contributed by atoms with van der Waals surface area (Å²) in [5, 5.41) is 0.176. The number of ether oxygens (including phenoxy) is 2. The Kier molecular flexibility index (Phi) is 3.13. The quantitative estimate of drug-likeness (QED) is 0.593. The lowest BCUT2D eigenvalue weighted by molar-refractivity contribution is -0.149. The predicted octanol–water partition coefficient (Wildman–Crippen LogP) is 2.73. The van der Waals surface area contributed by atoms with Gasteiger partial charge >= 0.3 is 5.97 Å². The van der Waals surface area contributed by atoms with Crippen molar-refractivity contribution in [2.45, 2.75) is 63.5 Å². The summed E-state index contributed by atoms with van der Waals surface area (Å²) in [6.45, 7) is 12.3. The van der Waals surface area contributed by atoms with E-state index in [4.69, 9.17) is 13.9 Å². The molecule has 3 saturated heterocycles. The number of hydrogen-bond donors (Lipinski definition) is 0. The maximum atomic E-state index is 12.0. The average Bonchev–Trinajstić information content (AvgIpc) is 2.98. The zero-order valence-corrected chi connectivity index (χ0v) is 14.2. The van der Waals surface area contributed by atoms with Crippen LogP contribution in [0.15, 0.2) is 0 Å². The minimum Gasteiger partial charge on any atom is -0.465 e. The molecule has 0 aromatic heterocycles. The van der Waals surface area contributed by atoms with Crippen LogP contribution < -0.4 is 0 Å². The van der Waals surface area contributed by atoms with Crippen LogP contribution in [0.3, 0.4) is 0 Å². The van der Waals surface area contributed by atoms with E-state index in [1.165, 1.54) is 0 Å². The Morgan fingerprint density at radius 1 is 1.40 bits per heavy atom. The summed E-state index contributed by atoms with van der Waals surface area (Å²) in [4.78, 5) is 12.0. The van der Waals surface area contributed by atoms with Gasteiger partial charge in [-0.1, -0.05) is 20.8 Å². The van der Waals surface area contributed by atoms with Crippen LogP contribution in [0, 0.1) is 11.8 Å². The maximum Gasteiger partial charge on any atom is 0.312 e. The minimum atomic E-state index is -1.82. The van der Waals surface area contributed by atoms with Gasteiger partial charge in [-0.25, -0.2) is 0 Å². The van der Waals surface area contributed by atoms with E-state index >= 15 is 0 Å². The van der Waals surface area contributed by atoms with Gasteiger partial charge in [-0.3, -0.25) is 4.79 Å². The Bertz CT molecular complexity index is 428. The summed E-state index contributed by atoms with van der Waals surface area (Å²) in [5.74, 6) is 0.0984. The highest BCUT2D eigenvalue weighted by Gasteiger charge is 2.65. The molecule has 3 aliphatic rings. The molecule has 114 valence electrons. The lowest BCUT2D eigenvalue weighted by Gasteiger charge is -2.40. The summed E-state index contributed by atoms with van der Waals surface area (Å²) in [7, 11) is -1.82. The van der Waals surface area contributed by atoms with Gasteiger partial charge < -0.3 is 13.9 Å². The summed E-state index contributed by atoms with van der Waals surface area (Å²) in [6, 6.07) is 0. The zero-order valence-electron chi connectivity index (χ0n) is 13.2. The van der Waals surface area contributed by atoms with E-state index in [1.807, 2.05) is 0 Å². The third-order valence-electron chi connectivity index (χ3n) is 5.87. The molecule has 0 radical (unpaired) electrons. The molecule has 3 aliphatic heterocycles. The monoisotopic (exact) mass is 298 g/mol. The molecule has 3 fully saturated rings. The molecule has 3 rings (SSSR count). The number of hydrogen-bond acceptors (Lipinski definition) is 4. The summed E-state index contributed by atoms with van der Waals surface area (Å²) >= 11 is 0. The number of fused-ring (bicyclic) bond motifs is 5. The molecule has 5 heteroatoms. The third kappa shape index (κ3) is 1.97. The first-order valence-electron chi connectivity index (χ1n) is 7.65. The molecule has 0 N–H and O–H groups in total. The molecule has 20 heavy (non-hydrogen) atoms. The van der Waals surface area contributed by atoms with Gasteiger partial charge in [-0.2, -0.15) is 0 Å². The maximum absolute atomic E-state index is 12.0. The van der Waals surface area contributed by atoms with Crippen molar-refractivity contribution in [2.24, 2.45) is 11.8 Å². The Balaban J connectivity index is 1.75. The van der Waals surface area contributed by atoms with Crippen LogP contribution in [0.1, 0.15) is 33.6 Å². The Labute approximate surface area is 122 Å². The van der Waals surface area contributed by atoms with Crippen LogP contribution in [-0.4, -0.2) is 39.2 Å². The molecule has 0 unspecified atom stereocenters. The molecule has 3 heterocycles. The molecule has 2 bridgehead atoms. The number of carbonyl (C=O) groups is 1. The zero-order chi connectivity index (χ0) is 14.8. The number of rotatable bonds is 3. The van der Waals surface area contributed by atoms with E-state index in [0.29, 0.717) is 13.2 Å². The molecule has 0 saturated carbocycles. The Morgan fingerprint density at radius 2 is 2.10 bits per heavy atom. The molecule has 0 spiro atoms. The van der Waals surface area contributed by atoms with Crippen molar-refractivity contribution in [2.75, 3.05) is 13.2 Å². The molecular weight excluding hydrogens is 272 g/mol. The second-order valence-corrected chi connectivity index (χ2v) is 12.9. The van der Waals surface area contributed by atoms with Crippen LogP contribution in [0.2, 0.25) is 18.1 Å². The standard InChI is InChI=1S/C15H26O4Si/c1-14(2,3)20(4,5)18-9-15-7-6-11(19-15)10-8-17-13(16)12(10)15/h10-12H,6-9H2,1-5H3/t10-,11-,12+,15-/m0/s1. The van der Waals surface area contributed by atoms with Gasteiger partial charge in [0.15, 0.2) is 8.32 Å². The van der Waals surface area contributed by atoms with Gasteiger partial charge in [0.2, 0.25) is 0 Å². The van der Waals surface area contributed by atoms with Crippen LogP contribution in [-0.2, 0) is 18.7 Å². The van der Waals surface area contributed by atoms with Crippen molar-refractivity contribution in [3.05, 3.63) is 0 Å². The smallest absolute Gasteiger partial charge is 0.312 e. The van der Waals surface area contributed by atoms with Gasteiger partial charge in [0.25, 0.3) is 0 Å². The summed E-state index contributed by atoms with van der Waals surface area (Å²) in [6.07, 6.45) is 2.18. The fourth-order valence-corrected chi connectivity index (χ4v) is 4.56.